The highest BCUT2D eigenvalue weighted by molar-refractivity contribution is 7.89. The minimum Gasteiger partial charge on any atom is -0.351 e. The predicted molar refractivity (Wildman–Crippen MR) is 111 cm³/mol. The van der Waals surface area contributed by atoms with E-state index in [9.17, 15) is 13.2 Å². The van der Waals surface area contributed by atoms with Crippen molar-refractivity contribution >= 4 is 27.3 Å². The summed E-state index contributed by atoms with van der Waals surface area (Å²) in [5.74, 6) is -0.147. The van der Waals surface area contributed by atoms with Crippen LogP contribution in [0.1, 0.15) is 54.4 Å². The minimum atomic E-state index is -3.44. The van der Waals surface area contributed by atoms with Crippen LogP contribution in [-0.2, 0) is 15.4 Å². The Morgan fingerprint density at radius 3 is 2.32 bits per heavy atom. The van der Waals surface area contributed by atoms with Gasteiger partial charge < -0.3 is 5.32 Å². The minimum absolute atomic E-state index is 0.0364. The number of carbonyl (C=O) groups excluding carboxylic acids is 1. The van der Waals surface area contributed by atoms with Gasteiger partial charge in [-0.25, -0.2) is 8.42 Å². The first-order chi connectivity index (χ1) is 13.5. The molecule has 2 aromatic rings. The van der Waals surface area contributed by atoms with Crippen molar-refractivity contribution in [2.75, 3.05) is 19.6 Å². The molecule has 1 saturated heterocycles. The maximum Gasteiger partial charge on any atom is 0.251 e. The number of nitrogens with zero attached hydrogens (tertiary/aromatic N) is 1. The number of hydrogen-bond acceptors (Lipinski definition) is 4. The molecule has 1 amide bonds. The largest absolute Gasteiger partial charge is 0.351 e. The van der Waals surface area contributed by atoms with Crippen LogP contribution in [0, 0.1) is 0 Å². The van der Waals surface area contributed by atoms with Gasteiger partial charge in [-0.3, -0.25) is 4.79 Å². The van der Waals surface area contributed by atoms with Crippen LogP contribution in [0.5, 0.6) is 0 Å². The number of sulfonamides is 1. The maximum absolute atomic E-state index is 12.7. The van der Waals surface area contributed by atoms with E-state index in [-0.39, 0.29) is 16.2 Å². The molecule has 1 aromatic heterocycles. The summed E-state index contributed by atoms with van der Waals surface area (Å²) < 4.78 is 26.8. The van der Waals surface area contributed by atoms with Crippen LogP contribution >= 0.6 is 11.3 Å². The van der Waals surface area contributed by atoms with Crippen molar-refractivity contribution in [2.45, 2.75) is 48.8 Å². The van der Waals surface area contributed by atoms with Gasteiger partial charge >= 0.3 is 0 Å². The molecule has 0 spiro atoms. The average molecular weight is 419 g/mol. The monoisotopic (exact) mass is 418 g/mol. The lowest BCUT2D eigenvalue weighted by atomic mass is 9.80. The van der Waals surface area contributed by atoms with Crippen molar-refractivity contribution in [3.8, 4) is 0 Å². The van der Waals surface area contributed by atoms with E-state index in [0.717, 1.165) is 25.7 Å². The molecule has 1 aliphatic heterocycles. The normalized spacial score (nSPS) is 19.7. The smallest absolute Gasteiger partial charge is 0.251 e. The Morgan fingerprint density at radius 2 is 1.71 bits per heavy atom. The Balaban J connectivity index is 1.44. The first-order valence-corrected chi connectivity index (χ1v) is 12.3. The number of benzene rings is 1. The van der Waals surface area contributed by atoms with Crippen molar-refractivity contribution in [1.82, 2.24) is 9.62 Å². The van der Waals surface area contributed by atoms with E-state index < -0.39 is 10.0 Å². The van der Waals surface area contributed by atoms with Gasteiger partial charge in [-0.05, 0) is 72.3 Å². The molecule has 1 N–H and O–H groups in total. The van der Waals surface area contributed by atoms with Crippen molar-refractivity contribution in [3.05, 3.63) is 52.2 Å². The summed E-state index contributed by atoms with van der Waals surface area (Å²) in [7, 11) is -3.44. The zero-order valence-electron chi connectivity index (χ0n) is 15.9. The quantitative estimate of drug-likeness (QED) is 0.776. The molecule has 1 aliphatic carbocycles. The molecule has 2 heterocycles. The molecule has 28 heavy (non-hydrogen) atoms. The van der Waals surface area contributed by atoms with E-state index in [0.29, 0.717) is 25.2 Å². The summed E-state index contributed by atoms with van der Waals surface area (Å²) in [4.78, 5) is 12.9. The van der Waals surface area contributed by atoms with Crippen LogP contribution in [-0.4, -0.2) is 38.3 Å². The third-order valence-electron chi connectivity index (χ3n) is 6.10. The van der Waals surface area contributed by atoms with Crippen molar-refractivity contribution in [2.24, 2.45) is 0 Å². The van der Waals surface area contributed by atoms with Gasteiger partial charge in [0.05, 0.1) is 4.90 Å². The molecule has 4 rings (SSSR count). The van der Waals surface area contributed by atoms with E-state index in [4.69, 9.17) is 0 Å². The Kier molecular flexibility index (Phi) is 5.58. The number of carbonyl (C=O) groups is 1. The van der Waals surface area contributed by atoms with Crippen molar-refractivity contribution in [3.63, 3.8) is 0 Å². The Bertz CT molecular complexity index is 909. The molecule has 0 bridgehead atoms. The summed E-state index contributed by atoms with van der Waals surface area (Å²) >= 11 is 1.70. The topological polar surface area (TPSA) is 66.5 Å². The van der Waals surface area contributed by atoms with Gasteiger partial charge in [0.2, 0.25) is 10.0 Å². The summed E-state index contributed by atoms with van der Waals surface area (Å²) in [5.41, 5.74) is 1.86. The maximum atomic E-state index is 12.7. The van der Waals surface area contributed by atoms with E-state index in [2.05, 4.69) is 22.1 Å². The molecule has 2 fully saturated rings. The molecule has 0 unspecified atom stereocenters. The average Bonchev–Trinajstić information content (AvgIpc) is 3.48. The molecule has 2 aliphatic rings. The zero-order valence-corrected chi connectivity index (χ0v) is 17.5. The number of amides is 1. The number of thiophene rings is 1. The first-order valence-electron chi connectivity index (χ1n) is 9.92. The lowest BCUT2D eigenvalue weighted by Gasteiger charge is -2.28. The molecule has 150 valence electrons. The Labute approximate surface area is 170 Å². The molecular formula is C21H26N2O3S2. The van der Waals surface area contributed by atoms with Gasteiger partial charge in [0.1, 0.15) is 0 Å². The fourth-order valence-electron chi connectivity index (χ4n) is 4.39. The second-order valence-electron chi connectivity index (χ2n) is 7.82. The zero-order chi connectivity index (χ0) is 19.6. The van der Waals surface area contributed by atoms with Crippen molar-refractivity contribution < 1.29 is 13.2 Å². The van der Waals surface area contributed by atoms with Crippen LogP contribution in [0.15, 0.2) is 46.0 Å². The molecule has 0 radical (unpaired) electrons. The molecule has 1 aromatic carbocycles. The third-order valence-corrected chi connectivity index (χ3v) is 8.70. The van der Waals surface area contributed by atoms with E-state index in [1.54, 1.807) is 35.6 Å². The van der Waals surface area contributed by atoms with Crippen LogP contribution in [0.3, 0.4) is 0 Å². The highest BCUT2D eigenvalue weighted by Gasteiger charge is 2.36. The predicted octanol–water partition coefficient (Wildman–Crippen LogP) is 3.77. The van der Waals surface area contributed by atoms with Crippen LogP contribution in [0.25, 0.3) is 0 Å². The Morgan fingerprint density at radius 1 is 1.04 bits per heavy atom. The molecule has 1 saturated carbocycles. The number of hydrogen-bond donors (Lipinski definition) is 1. The van der Waals surface area contributed by atoms with Gasteiger partial charge in [-0.15, -0.1) is 0 Å². The van der Waals surface area contributed by atoms with E-state index in [1.165, 1.54) is 22.7 Å². The summed E-state index contributed by atoms with van der Waals surface area (Å²) in [6.45, 7) is 1.78. The van der Waals surface area contributed by atoms with Crippen LogP contribution < -0.4 is 5.32 Å². The summed E-state index contributed by atoms with van der Waals surface area (Å²) in [5, 5.41) is 7.37. The van der Waals surface area contributed by atoms with Crippen molar-refractivity contribution in [1.29, 1.82) is 0 Å². The highest BCUT2D eigenvalue weighted by atomic mass is 32.2. The SMILES string of the molecule is O=C(NCC1(c2ccsc2)CCCC1)c1ccc(S(=O)(=O)N2CCCC2)cc1. The number of nitrogens with one attached hydrogen (secondary N) is 1. The molecule has 7 heteroatoms. The molecular weight excluding hydrogens is 392 g/mol. The van der Waals surface area contributed by atoms with Gasteiger partial charge in [0, 0.05) is 30.6 Å². The lowest BCUT2D eigenvalue weighted by Crippen LogP contribution is -2.38. The highest BCUT2D eigenvalue weighted by Crippen LogP contribution is 2.41. The van der Waals surface area contributed by atoms with Gasteiger partial charge in [-0.1, -0.05) is 12.8 Å². The Hall–Kier alpha value is -1.70. The summed E-state index contributed by atoms with van der Waals surface area (Å²) in [6, 6.07) is 8.49. The second-order valence-corrected chi connectivity index (χ2v) is 10.5. The van der Waals surface area contributed by atoms with Gasteiger partial charge in [-0.2, -0.15) is 15.6 Å². The molecule has 0 atom stereocenters. The van der Waals surface area contributed by atoms with E-state index >= 15 is 0 Å². The van der Waals surface area contributed by atoms with Gasteiger partial charge in [0.25, 0.3) is 5.91 Å². The summed E-state index contributed by atoms with van der Waals surface area (Å²) in [6.07, 6.45) is 6.38. The van der Waals surface area contributed by atoms with Crippen LogP contribution in [0.2, 0.25) is 0 Å². The fraction of sp³-hybridized carbons (Fsp3) is 0.476. The first kappa shape index (κ1) is 19.6. The lowest BCUT2D eigenvalue weighted by molar-refractivity contribution is 0.0943. The van der Waals surface area contributed by atoms with E-state index in [1.807, 2.05) is 0 Å². The fourth-order valence-corrected chi connectivity index (χ4v) is 6.69. The van der Waals surface area contributed by atoms with Gasteiger partial charge in [0.15, 0.2) is 0 Å². The third kappa shape index (κ3) is 3.75. The number of rotatable bonds is 6. The molecule has 5 nitrogen and oxygen atoms in total. The standard InChI is InChI=1S/C21H26N2O3S2/c24-20(22-16-21(10-1-2-11-21)18-9-14-27-15-18)17-5-7-19(8-6-17)28(25,26)23-12-3-4-13-23/h5-9,14-15H,1-4,10-13,16H2,(H,22,24). The van der Waals surface area contributed by atoms with Crippen LogP contribution in [0.4, 0.5) is 0 Å². The second kappa shape index (κ2) is 7.97.